The topological polar surface area (TPSA) is 57.8 Å². The van der Waals surface area contributed by atoms with Gasteiger partial charge in [-0.1, -0.05) is 28.1 Å². The minimum absolute atomic E-state index is 0.0163. The maximum atomic E-state index is 12.4. The zero-order chi connectivity index (χ0) is 21.5. The van der Waals surface area contributed by atoms with E-state index in [2.05, 4.69) is 77.3 Å². The average molecular weight is 466 g/mol. The van der Waals surface area contributed by atoms with Gasteiger partial charge in [0.1, 0.15) is 5.58 Å². The molecular weight excluding hydrogens is 442 g/mol. The third-order valence-electron chi connectivity index (χ3n) is 5.40. The Balaban J connectivity index is 1.52. The van der Waals surface area contributed by atoms with Crippen molar-refractivity contribution in [3.05, 3.63) is 69.9 Å². The second kappa shape index (κ2) is 7.76. The monoisotopic (exact) mass is 465 g/mol. The third kappa shape index (κ3) is 3.79. The van der Waals surface area contributed by atoms with Crippen LogP contribution in [-0.2, 0) is 0 Å². The molecule has 1 amide bonds. The second-order valence-electron chi connectivity index (χ2n) is 7.99. The van der Waals surface area contributed by atoms with E-state index in [-0.39, 0.29) is 17.2 Å². The highest BCUT2D eigenvalue weighted by Gasteiger charge is 2.29. The van der Waals surface area contributed by atoms with Gasteiger partial charge >= 0.3 is 5.91 Å². The van der Waals surface area contributed by atoms with E-state index in [9.17, 15) is 4.79 Å². The molecule has 0 saturated heterocycles. The van der Waals surface area contributed by atoms with E-state index in [1.165, 1.54) is 16.8 Å². The standard InChI is InChI=1S/C24H24BrN3O2/c1-5-28-20-8-6-16(10-19(20)15(2)13-24(28,3)4)14-26-27-23(29)22-12-17-11-18(25)7-9-21(17)30-22/h6-14H,5H2,1-4H3,(H,27,29)/b26-14+. The summed E-state index contributed by atoms with van der Waals surface area (Å²) in [5, 5.41) is 4.98. The van der Waals surface area contributed by atoms with Crippen LogP contribution in [0.25, 0.3) is 16.5 Å². The summed E-state index contributed by atoms with van der Waals surface area (Å²) in [6.45, 7) is 9.69. The molecule has 154 valence electrons. The van der Waals surface area contributed by atoms with Gasteiger partial charge < -0.3 is 9.32 Å². The Morgan fingerprint density at radius 3 is 2.80 bits per heavy atom. The highest BCUT2D eigenvalue weighted by molar-refractivity contribution is 9.10. The molecule has 0 saturated carbocycles. The van der Waals surface area contributed by atoms with E-state index in [1.54, 1.807) is 12.3 Å². The first-order valence-electron chi connectivity index (χ1n) is 9.92. The fourth-order valence-corrected chi connectivity index (χ4v) is 4.48. The lowest BCUT2D eigenvalue weighted by Crippen LogP contribution is -2.44. The summed E-state index contributed by atoms with van der Waals surface area (Å²) in [4.78, 5) is 14.8. The number of carbonyl (C=O) groups excluding carboxylic acids is 1. The van der Waals surface area contributed by atoms with Gasteiger partial charge in [0, 0.05) is 27.7 Å². The molecule has 3 aromatic rings. The molecule has 0 aliphatic carbocycles. The van der Waals surface area contributed by atoms with Gasteiger partial charge in [-0.2, -0.15) is 5.10 Å². The van der Waals surface area contributed by atoms with Crippen molar-refractivity contribution in [2.45, 2.75) is 33.2 Å². The molecular formula is C24H24BrN3O2. The number of hydrazone groups is 1. The van der Waals surface area contributed by atoms with Gasteiger partial charge in [-0.05, 0) is 75.2 Å². The lowest BCUT2D eigenvalue weighted by Gasteiger charge is -2.42. The molecule has 0 atom stereocenters. The van der Waals surface area contributed by atoms with Gasteiger partial charge in [0.25, 0.3) is 0 Å². The number of hydrogen-bond donors (Lipinski definition) is 1. The van der Waals surface area contributed by atoms with Crippen LogP contribution in [0.5, 0.6) is 0 Å². The molecule has 6 heteroatoms. The van der Waals surface area contributed by atoms with Crippen molar-refractivity contribution in [2.75, 3.05) is 11.4 Å². The number of furan rings is 1. The minimum Gasteiger partial charge on any atom is -0.451 e. The number of benzene rings is 2. The van der Waals surface area contributed by atoms with E-state index >= 15 is 0 Å². The van der Waals surface area contributed by atoms with Crippen LogP contribution in [0.2, 0.25) is 0 Å². The Kier molecular flexibility index (Phi) is 5.28. The Hall–Kier alpha value is -2.86. The van der Waals surface area contributed by atoms with E-state index in [0.29, 0.717) is 5.58 Å². The van der Waals surface area contributed by atoms with Gasteiger partial charge in [-0.3, -0.25) is 4.79 Å². The Morgan fingerprint density at radius 1 is 1.23 bits per heavy atom. The molecule has 0 spiro atoms. The van der Waals surface area contributed by atoms with Gasteiger partial charge in [0.2, 0.25) is 0 Å². The number of carbonyl (C=O) groups is 1. The van der Waals surface area contributed by atoms with E-state index in [0.717, 1.165) is 22.0 Å². The number of fused-ring (bicyclic) bond motifs is 2. The zero-order valence-electron chi connectivity index (χ0n) is 17.5. The van der Waals surface area contributed by atoms with Crippen LogP contribution in [0.4, 0.5) is 5.69 Å². The Bertz CT molecular complexity index is 1190. The smallest absolute Gasteiger partial charge is 0.307 e. The molecule has 30 heavy (non-hydrogen) atoms. The predicted octanol–water partition coefficient (Wildman–Crippen LogP) is 5.98. The summed E-state index contributed by atoms with van der Waals surface area (Å²) in [6, 6.07) is 13.6. The quantitative estimate of drug-likeness (QED) is 0.380. The Labute approximate surface area is 184 Å². The molecule has 4 rings (SSSR count). The minimum atomic E-state index is -0.383. The number of nitrogens with one attached hydrogen (secondary N) is 1. The SMILES string of the molecule is CCN1c2ccc(/C=N/NC(=O)c3cc4cc(Br)ccc4o3)cc2C(C)=CC1(C)C. The summed E-state index contributed by atoms with van der Waals surface area (Å²) in [7, 11) is 0. The van der Waals surface area contributed by atoms with Gasteiger partial charge in [0.15, 0.2) is 5.76 Å². The second-order valence-corrected chi connectivity index (χ2v) is 8.91. The van der Waals surface area contributed by atoms with Crippen LogP contribution in [0.3, 0.4) is 0 Å². The third-order valence-corrected chi connectivity index (χ3v) is 5.89. The van der Waals surface area contributed by atoms with Crippen molar-refractivity contribution in [1.29, 1.82) is 0 Å². The summed E-state index contributed by atoms with van der Waals surface area (Å²) in [5.74, 6) is -0.156. The lowest BCUT2D eigenvalue weighted by molar-refractivity contribution is 0.0929. The van der Waals surface area contributed by atoms with Crippen LogP contribution in [0, 0.1) is 0 Å². The largest absolute Gasteiger partial charge is 0.451 e. The van der Waals surface area contributed by atoms with E-state index in [4.69, 9.17) is 4.42 Å². The van der Waals surface area contributed by atoms with Crippen molar-refractivity contribution in [2.24, 2.45) is 5.10 Å². The first kappa shape index (κ1) is 20.4. The van der Waals surface area contributed by atoms with Gasteiger partial charge in [-0.25, -0.2) is 5.43 Å². The first-order valence-corrected chi connectivity index (χ1v) is 10.7. The fourth-order valence-electron chi connectivity index (χ4n) is 4.11. The fraction of sp³-hybridized carbons (Fsp3) is 0.250. The molecule has 0 fully saturated rings. The predicted molar refractivity (Wildman–Crippen MR) is 126 cm³/mol. The van der Waals surface area contributed by atoms with Gasteiger partial charge in [-0.15, -0.1) is 0 Å². The molecule has 1 aliphatic rings. The summed E-state index contributed by atoms with van der Waals surface area (Å²) < 4.78 is 6.53. The summed E-state index contributed by atoms with van der Waals surface area (Å²) in [6.07, 6.45) is 3.95. The molecule has 0 radical (unpaired) electrons. The van der Waals surface area contributed by atoms with Crippen LogP contribution < -0.4 is 10.3 Å². The highest BCUT2D eigenvalue weighted by atomic mass is 79.9. The van der Waals surface area contributed by atoms with Crippen LogP contribution in [-0.4, -0.2) is 24.2 Å². The molecule has 1 aliphatic heterocycles. The van der Waals surface area contributed by atoms with Crippen LogP contribution >= 0.6 is 15.9 Å². The van der Waals surface area contributed by atoms with Crippen LogP contribution in [0.15, 0.2) is 62.5 Å². The van der Waals surface area contributed by atoms with Crippen molar-refractivity contribution in [1.82, 2.24) is 5.43 Å². The van der Waals surface area contributed by atoms with Gasteiger partial charge in [0.05, 0.1) is 11.8 Å². The van der Waals surface area contributed by atoms with E-state index < -0.39 is 0 Å². The number of hydrogen-bond acceptors (Lipinski definition) is 4. The maximum absolute atomic E-state index is 12.4. The zero-order valence-corrected chi connectivity index (χ0v) is 19.1. The molecule has 1 N–H and O–H groups in total. The molecule has 0 bridgehead atoms. The number of amides is 1. The summed E-state index contributed by atoms with van der Waals surface area (Å²) in [5.41, 5.74) is 7.76. The lowest BCUT2D eigenvalue weighted by atomic mass is 9.88. The molecule has 1 aromatic heterocycles. The number of anilines is 1. The number of halogens is 1. The normalized spacial score (nSPS) is 15.4. The first-order chi connectivity index (χ1) is 14.3. The van der Waals surface area contributed by atoms with Crippen molar-refractivity contribution in [3.63, 3.8) is 0 Å². The van der Waals surface area contributed by atoms with Crippen molar-refractivity contribution < 1.29 is 9.21 Å². The molecule has 0 unspecified atom stereocenters. The summed E-state index contributed by atoms with van der Waals surface area (Å²) >= 11 is 3.42. The number of allylic oxidation sites excluding steroid dienone is 1. The molecule has 2 heterocycles. The van der Waals surface area contributed by atoms with E-state index in [1.807, 2.05) is 24.3 Å². The highest BCUT2D eigenvalue weighted by Crippen LogP contribution is 2.38. The average Bonchev–Trinajstić information content (AvgIpc) is 3.11. The Morgan fingerprint density at radius 2 is 2.03 bits per heavy atom. The molecule has 2 aromatic carbocycles. The van der Waals surface area contributed by atoms with Crippen molar-refractivity contribution >= 4 is 50.3 Å². The molecule has 5 nitrogen and oxygen atoms in total. The number of rotatable bonds is 4. The maximum Gasteiger partial charge on any atom is 0.307 e. The van der Waals surface area contributed by atoms with Crippen LogP contribution in [0.1, 0.15) is 49.4 Å². The van der Waals surface area contributed by atoms with Crippen molar-refractivity contribution in [3.8, 4) is 0 Å². The number of nitrogens with zero attached hydrogens (tertiary/aromatic N) is 2. The number of likely N-dealkylation sites (N-methyl/N-ethyl adjacent to an activating group) is 1.